The van der Waals surface area contributed by atoms with Gasteiger partial charge in [0.2, 0.25) is 29.5 Å². The second-order valence-electron chi connectivity index (χ2n) is 8.53. The van der Waals surface area contributed by atoms with Crippen LogP contribution in [0.25, 0.3) is 0 Å². The largest absolute Gasteiger partial charge is 0.480 e. The number of hydrogen-bond donors (Lipinski definition) is 10. The van der Waals surface area contributed by atoms with Crippen molar-refractivity contribution in [1.29, 1.82) is 0 Å². The number of amides is 5. The first-order chi connectivity index (χ1) is 18.3. The van der Waals surface area contributed by atoms with Crippen LogP contribution >= 0.6 is 0 Å². The zero-order valence-corrected chi connectivity index (χ0v) is 21.1. The van der Waals surface area contributed by atoms with Crippen molar-refractivity contribution < 1.29 is 33.9 Å². The normalized spacial score (nSPS) is 13.7. The molecule has 0 fully saturated rings. The van der Waals surface area contributed by atoms with Crippen molar-refractivity contribution in [2.24, 2.45) is 33.7 Å². The Morgan fingerprint density at radius 3 is 2.05 bits per heavy atom. The molecule has 0 radical (unpaired) electrons. The van der Waals surface area contributed by atoms with Crippen LogP contribution in [0.15, 0.2) is 17.5 Å². The van der Waals surface area contributed by atoms with E-state index in [9.17, 15) is 33.9 Å². The third-order valence-electron chi connectivity index (χ3n) is 5.25. The van der Waals surface area contributed by atoms with Crippen LogP contribution in [-0.4, -0.2) is 87.3 Å². The minimum atomic E-state index is -1.64. The molecule has 0 aliphatic rings. The molecule has 5 amide bonds. The number of H-pyrrole nitrogens is 1. The summed E-state index contributed by atoms with van der Waals surface area (Å²) in [6, 6.07) is -5.37. The molecule has 39 heavy (non-hydrogen) atoms. The van der Waals surface area contributed by atoms with E-state index in [1.54, 1.807) is 0 Å². The maximum atomic E-state index is 13.2. The molecule has 0 aliphatic heterocycles. The number of nitrogens with two attached hydrogens (primary N) is 5. The van der Waals surface area contributed by atoms with Gasteiger partial charge in [-0.05, 0) is 19.3 Å². The average molecular weight is 554 g/mol. The van der Waals surface area contributed by atoms with Crippen LogP contribution < -0.4 is 44.6 Å². The molecule has 216 valence electrons. The standard InChI is InChI=1S/C21H35N11O7/c22-11(3-4-15(23)33)17(35)31-13(6-10-8-27-9-29-10)19(37)30-12(2-1-5-28-21(25)26)18(36)32-14(20(38)39)7-16(24)34/h8-9,11-14H,1-7,22H2,(H2,23,33)(H2,24,34)(H,27,29)(H,30,37)(H,31,35)(H,32,36)(H,38,39)(H4,25,26,28). The lowest BCUT2D eigenvalue weighted by Gasteiger charge is -2.25. The molecule has 1 aromatic rings. The van der Waals surface area contributed by atoms with E-state index < -0.39 is 66.1 Å². The number of carbonyl (C=O) groups is 6. The minimum Gasteiger partial charge on any atom is -0.480 e. The van der Waals surface area contributed by atoms with E-state index in [4.69, 9.17) is 28.7 Å². The predicted octanol–water partition coefficient (Wildman–Crippen LogP) is -4.99. The Bertz CT molecular complexity index is 1040. The quantitative estimate of drug-likeness (QED) is 0.0466. The van der Waals surface area contributed by atoms with Gasteiger partial charge in [-0.25, -0.2) is 9.78 Å². The van der Waals surface area contributed by atoms with E-state index in [1.165, 1.54) is 12.5 Å². The summed E-state index contributed by atoms with van der Waals surface area (Å²) in [4.78, 5) is 82.9. The number of carboxylic acids is 1. The van der Waals surface area contributed by atoms with Crippen LogP contribution in [-0.2, 0) is 35.2 Å². The zero-order chi connectivity index (χ0) is 29.5. The van der Waals surface area contributed by atoms with Gasteiger partial charge in [0.25, 0.3) is 0 Å². The summed E-state index contributed by atoms with van der Waals surface area (Å²) in [7, 11) is 0. The first-order valence-electron chi connectivity index (χ1n) is 11.8. The topological polar surface area (TPSA) is 330 Å². The Hall–Kier alpha value is -4.74. The van der Waals surface area contributed by atoms with Crippen molar-refractivity contribution >= 4 is 41.5 Å². The molecule has 1 aromatic heterocycles. The molecule has 18 heteroatoms. The van der Waals surface area contributed by atoms with Gasteiger partial charge >= 0.3 is 5.97 Å². The van der Waals surface area contributed by atoms with Crippen molar-refractivity contribution in [3.63, 3.8) is 0 Å². The summed E-state index contributed by atoms with van der Waals surface area (Å²) >= 11 is 0. The molecule has 18 nitrogen and oxygen atoms in total. The fourth-order valence-electron chi connectivity index (χ4n) is 3.25. The van der Waals surface area contributed by atoms with Crippen LogP contribution in [0.4, 0.5) is 0 Å². The summed E-state index contributed by atoms with van der Waals surface area (Å²) in [5, 5.41) is 16.4. The van der Waals surface area contributed by atoms with Gasteiger partial charge in [-0.2, -0.15) is 0 Å². The number of aliphatic carboxylic acids is 1. The summed E-state index contributed by atoms with van der Waals surface area (Å²) in [5.41, 5.74) is 27.0. The van der Waals surface area contributed by atoms with Gasteiger partial charge in [-0.15, -0.1) is 0 Å². The fourth-order valence-corrected chi connectivity index (χ4v) is 3.25. The van der Waals surface area contributed by atoms with E-state index in [0.717, 1.165) is 0 Å². The van der Waals surface area contributed by atoms with Gasteiger partial charge in [0.05, 0.1) is 18.8 Å². The molecular formula is C21H35N11O7. The fraction of sp³-hybridized carbons (Fsp3) is 0.524. The molecule has 0 bridgehead atoms. The van der Waals surface area contributed by atoms with Crippen LogP contribution in [0, 0.1) is 0 Å². The molecule has 0 aliphatic carbocycles. The number of imidazole rings is 1. The Morgan fingerprint density at radius 1 is 0.897 bits per heavy atom. The van der Waals surface area contributed by atoms with E-state index in [1.807, 2.05) is 0 Å². The number of aromatic amines is 1. The molecule has 0 saturated carbocycles. The van der Waals surface area contributed by atoms with E-state index in [0.29, 0.717) is 5.69 Å². The Balaban J connectivity index is 3.10. The van der Waals surface area contributed by atoms with Gasteiger partial charge in [0.1, 0.15) is 18.1 Å². The van der Waals surface area contributed by atoms with Gasteiger partial charge in [-0.3, -0.25) is 29.0 Å². The number of primary amides is 2. The number of aliphatic imine (C=N–C) groups is 1. The molecule has 4 atom stereocenters. The van der Waals surface area contributed by atoms with Crippen LogP contribution in [0.1, 0.15) is 37.8 Å². The van der Waals surface area contributed by atoms with Crippen molar-refractivity contribution in [1.82, 2.24) is 25.9 Å². The number of carboxylic acid groups (broad SMARTS) is 1. The molecule has 0 saturated heterocycles. The second-order valence-corrected chi connectivity index (χ2v) is 8.53. The Morgan fingerprint density at radius 2 is 1.51 bits per heavy atom. The lowest BCUT2D eigenvalue weighted by molar-refractivity contribution is -0.143. The molecule has 0 aromatic carbocycles. The molecule has 4 unspecified atom stereocenters. The number of carbonyl (C=O) groups excluding carboxylic acids is 5. The molecule has 1 heterocycles. The number of hydrogen-bond acceptors (Lipinski definition) is 9. The Kier molecular flexibility index (Phi) is 13.4. The predicted molar refractivity (Wildman–Crippen MR) is 136 cm³/mol. The minimum absolute atomic E-state index is 0.0416. The van der Waals surface area contributed by atoms with Crippen LogP contribution in [0.5, 0.6) is 0 Å². The van der Waals surface area contributed by atoms with Gasteiger partial charge in [0.15, 0.2) is 5.96 Å². The maximum Gasteiger partial charge on any atom is 0.326 e. The SMILES string of the molecule is NC(=O)CCC(N)C(=O)NC(Cc1cnc[nH]1)C(=O)NC(CCCN=C(N)N)C(=O)NC(CC(N)=O)C(=O)O. The van der Waals surface area contributed by atoms with Crippen LogP contribution in [0.2, 0.25) is 0 Å². The number of rotatable bonds is 18. The summed E-state index contributed by atoms with van der Waals surface area (Å²) < 4.78 is 0. The maximum absolute atomic E-state index is 13.2. The first kappa shape index (κ1) is 32.3. The summed E-state index contributed by atoms with van der Waals surface area (Å²) in [6.45, 7) is 0.0919. The van der Waals surface area contributed by atoms with Crippen molar-refractivity contribution in [3.8, 4) is 0 Å². The van der Waals surface area contributed by atoms with E-state index in [-0.39, 0.29) is 44.6 Å². The van der Waals surface area contributed by atoms with E-state index >= 15 is 0 Å². The van der Waals surface area contributed by atoms with Gasteiger partial charge < -0.3 is 54.7 Å². The van der Waals surface area contributed by atoms with Crippen molar-refractivity contribution in [3.05, 3.63) is 18.2 Å². The van der Waals surface area contributed by atoms with Crippen LogP contribution in [0.3, 0.4) is 0 Å². The summed E-state index contributed by atoms with van der Waals surface area (Å²) in [6.07, 6.45) is 1.94. The van der Waals surface area contributed by atoms with Crippen molar-refractivity contribution in [2.75, 3.05) is 6.54 Å². The third-order valence-corrected chi connectivity index (χ3v) is 5.25. The van der Waals surface area contributed by atoms with Gasteiger partial charge in [-0.1, -0.05) is 0 Å². The highest BCUT2D eigenvalue weighted by molar-refractivity contribution is 5.95. The van der Waals surface area contributed by atoms with Crippen molar-refractivity contribution in [2.45, 2.75) is 62.7 Å². The molecule has 15 N–H and O–H groups in total. The lowest BCUT2D eigenvalue weighted by Crippen LogP contribution is -2.58. The lowest BCUT2D eigenvalue weighted by atomic mass is 10.1. The second kappa shape index (κ2) is 16.2. The smallest absolute Gasteiger partial charge is 0.326 e. The Labute approximate surface area is 222 Å². The highest BCUT2D eigenvalue weighted by atomic mass is 16.4. The number of nitrogens with one attached hydrogen (secondary N) is 4. The van der Waals surface area contributed by atoms with E-state index in [2.05, 4.69) is 30.9 Å². The number of aromatic nitrogens is 2. The highest BCUT2D eigenvalue weighted by Crippen LogP contribution is 2.06. The molecular weight excluding hydrogens is 518 g/mol. The first-order valence-corrected chi connectivity index (χ1v) is 11.8. The summed E-state index contributed by atoms with van der Waals surface area (Å²) in [5.74, 6) is -5.82. The number of nitrogens with zero attached hydrogens (tertiary/aromatic N) is 2. The molecule has 1 rings (SSSR count). The molecule has 0 spiro atoms. The average Bonchev–Trinajstić information content (AvgIpc) is 3.35. The van der Waals surface area contributed by atoms with Gasteiger partial charge in [0, 0.05) is 31.3 Å². The third kappa shape index (κ3) is 12.9. The monoisotopic (exact) mass is 553 g/mol. The number of guanidine groups is 1. The highest BCUT2D eigenvalue weighted by Gasteiger charge is 2.31. The zero-order valence-electron chi connectivity index (χ0n) is 21.1.